The van der Waals surface area contributed by atoms with Crippen molar-refractivity contribution in [3.63, 3.8) is 0 Å². The van der Waals surface area contributed by atoms with Crippen molar-refractivity contribution in [2.24, 2.45) is 0 Å². The van der Waals surface area contributed by atoms with Crippen LogP contribution in [0.15, 0.2) is 48.2 Å². The van der Waals surface area contributed by atoms with Crippen molar-refractivity contribution in [2.75, 3.05) is 13.1 Å². The number of Topliss-reactive ketones (excluding diaryl/α,β-unsaturated/α-hetero) is 1. The molecular formula is C25H34N2O. The molecule has 0 saturated carbocycles. The summed E-state index contributed by atoms with van der Waals surface area (Å²) in [6.45, 7) is 12.3. The zero-order valence-corrected chi connectivity index (χ0v) is 17.6. The summed E-state index contributed by atoms with van der Waals surface area (Å²) in [5.74, 6) is 0.202. The highest BCUT2D eigenvalue weighted by molar-refractivity contribution is 5.93. The largest absolute Gasteiger partial charge is 0.373 e. The van der Waals surface area contributed by atoms with E-state index in [1.165, 1.54) is 22.4 Å². The second-order valence-corrected chi connectivity index (χ2v) is 8.10. The molecule has 3 nitrogen and oxygen atoms in total. The predicted molar refractivity (Wildman–Crippen MR) is 118 cm³/mol. The van der Waals surface area contributed by atoms with E-state index in [-0.39, 0.29) is 5.78 Å². The van der Waals surface area contributed by atoms with E-state index in [2.05, 4.69) is 54.9 Å². The van der Waals surface area contributed by atoms with Crippen LogP contribution < -0.4 is 5.32 Å². The van der Waals surface area contributed by atoms with Crippen LogP contribution in [0.4, 0.5) is 0 Å². The lowest BCUT2D eigenvalue weighted by Gasteiger charge is -2.26. The number of likely N-dealkylation sites (tertiary alicyclic amines) is 1. The first-order valence-corrected chi connectivity index (χ1v) is 10.7. The fourth-order valence-electron chi connectivity index (χ4n) is 4.53. The molecule has 1 aliphatic carbocycles. The molecular weight excluding hydrogens is 344 g/mol. The Hall–Kier alpha value is -2.13. The Kier molecular flexibility index (Phi) is 6.90. The smallest absolute Gasteiger partial charge is 0.155 e. The van der Waals surface area contributed by atoms with Crippen molar-refractivity contribution in [1.29, 1.82) is 0 Å². The minimum absolute atomic E-state index is 0.202. The predicted octanol–water partition coefficient (Wildman–Crippen LogP) is 5.20. The standard InChI is InChI=1S/C25H34N2O/c1-5-8-21-9-7-10-25(24(21)6-2)18(3)26-22-15-16-27(17-22)23-13-11-20(12-14-23)19(4)28/h6-7,9-11,13,18,22,26H,2,5,8,12,14-17H2,1,3-4H3/t18?,22-/m0/s1. The zero-order valence-electron chi connectivity index (χ0n) is 17.6. The third-order valence-corrected chi connectivity index (χ3v) is 6.08. The van der Waals surface area contributed by atoms with E-state index in [4.69, 9.17) is 0 Å². The Labute approximate surface area is 170 Å². The van der Waals surface area contributed by atoms with Crippen molar-refractivity contribution >= 4 is 11.9 Å². The first-order valence-electron chi connectivity index (χ1n) is 10.7. The molecule has 2 aliphatic rings. The van der Waals surface area contributed by atoms with Crippen LogP contribution in [-0.2, 0) is 11.2 Å². The normalized spacial score (nSPS) is 20.5. The lowest BCUT2D eigenvalue weighted by Crippen LogP contribution is -2.34. The summed E-state index contributed by atoms with van der Waals surface area (Å²) in [5.41, 5.74) is 6.38. The van der Waals surface area contributed by atoms with Gasteiger partial charge in [0.15, 0.2) is 5.78 Å². The SMILES string of the molecule is C=Cc1c(CCC)cccc1C(C)N[C@H]1CCN(C2=CC=C(C(C)=O)CC2)C1. The lowest BCUT2D eigenvalue weighted by molar-refractivity contribution is -0.113. The van der Waals surface area contributed by atoms with Crippen molar-refractivity contribution in [1.82, 2.24) is 10.2 Å². The van der Waals surface area contributed by atoms with Gasteiger partial charge in [0.2, 0.25) is 0 Å². The van der Waals surface area contributed by atoms with Crippen LogP contribution in [-0.4, -0.2) is 29.8 Å². The van der Waals surface area contributed by atoms with Gasteiger partial charge in [-0.2, -0.15) is 0 Å². The number of ketones is 1. The van der Waals surface area contributed by atoms with Gasteiger partial charge in [-0.25, -0.2) is 0 Å². The van der Waals surface area contributed by atoms with E-state index in [1.54, 1.807) is 6.92 Å². The van der Waals surface area contributed by atoms with Crippen molar-refractivity contribution in [2.45, 2.75) is 65.0 Å². The number of carbonyl (C=O) groups is 1. The number of hydrogen-bond acceptors (Lipinski definition) is 3. The van der Waals surface area contributed by atoms with Crippen molar-refractivity contribution in [3.05, 3.63) is 64.9 Å². The Balaban J connectivity index is 1.64. The number of carbonyl (C=O) groups excluding carboxylic acids is 1. The summed E-state index contributed by atoms with van der Waals surface area (Å²) in [6.07, 6.45) is 11.4. The average molecular weight is 379 g/mol. The van der Waals surface area contributed by atoms with Crippen molar-refractivity contribution < 1.29 is 4.79 Å². The highest BCUT2D eigenvalue weighted by atomic mass is 16.1. The number of rotatable bonds is 8. The van der Waals surface area contributed by atoms with E-state index >= 15 is 0 Å². The minimum atomic E-state index is 0.202. The van der Waals surface area contributed by atoms with Gasteiger partial charge in [0, 0.05) is 30.9 Å². The van der Waals surface area contributed by atoms with Crippen LogP contribution in [0.25, 0.3) is 6.08 Å². The van der Waals surface area contributed by atoms with E-state index in [1.807, 2.05) is 12.2 Å². The fourth-order valence-corrected chi connectivity index (χ4v) is 4.53. The van der Waals surface area contributed by atoms with Gasteiger partial charge in [-0.15, -0.1) is 0 Å². The molecule has 3 heteroatoms. The summed E-state index contributed by atoms with van der Waals surface area (Å²) in [7, 11) is 0. The second-order valence-electron chi connectivity index (χ2n) is 8.10. The number of nitrogens with one attached hydrogen (secondary N) is 1. The van der Waals surface area contributed by atoms with Gasteiger partial charge < -0.3 is 10.2 Å². The maximum absolute atomic E-state index is 11.5. The van der Waals surface area contributed by atoms with Crippen LogP contribution in [0.3, 0.4) is 0 Å². The molecule has 1 aliphatic heterocycles. The highest BCUT2D eigenvalue weighted by Crippen LogP contribution is 2.28. The molecule has 1 saturated heterocycles. The van der Waals surface area contributed by atoms with Gasteiger partial charge in [0.05, 0.1) is 0 Å². The summed E-state index contributed by atoms with van der Waals surface area (Å²) < 4.78 is 0. The molecule has 0 aromatic heterocycles. The van der Waals surface area contributed by atoms with E-state index < -0.39 is 0 Å². The highest BCUT2D eigenvalue weighted by Gasteiger charge is 2.26. The summed E-state index contributed by atoms with van der Waals surface area (Å²) in [5, 5.41) is 3.85. The van der Waals surface area contributed by atoms with Gasteiger partial charge in [-0.1, -0.05) is 50.3 Å². The molecule has 1 unspecified atom stereocenters. The molecule has 1 heterocycles. The number of hydrogen-bond donors (Lipinski definition) is 1. The number of nitrogens with zero attached hydrogens (tertiary/aromatic N) is 1. The van der Waals surface area contributed by atoms with Crippen LogP contribution in [0.5, 0.6) is 0 Å². The van der Waals surface area contributed by atoms with Gasteiger partial charge in [0.25, 0.3) is 0 Å². The molecule has 1 fully saturated rings. The third-order valence-electron chi connectivity index (χ3n) is 6.08. The van der Waals surface area contributed by atoms with Gasteiger partial charge in [0.1, 0.15) is 0 Å². The van der Waals surface area contributed by atoms with Crippen LogP contribution in [0, 0.1) is 0 Å². The molecule has 0 spiro atoms. The van der Waals surface area contributed by atoms with Gasteiger partial charge >= 0.3 is 0 Å². The second kappa shape index (κ2) is 9.38. The lowest BCUT2D eigenvalue weighted by atomic mass is 9.94. The Bertz CT molecular complexity index is 790. The van der Waals surface area contributed by atoms with Crippen LogP contribution in [0.1, 0.15) is 69.2 Å². The topological polar surface area (TPSA) is 32.3 Å². The van der Waals surface area contributed by atoms with Gasteiger partial charge in [-0.05, 0) is 67.9 Å². The molecule has 0 amide bonds. The number of allylic oxidation sites excluding steroid dienone is 4. The van der Waals surface area contributed by atoms with E-state index in [9.17, 15) is 4.79 Å². The fraction of sp³-hybridized carbons (Fsp3) is 0.480. The molecule has 150 valence electrons. The maximum Gasteiger partial charge on any atom is 0.155 e. The zero-order chi connectivity index (χ0) is 20.1. The van der Waals surface area contributed by atoms with Crippen molar-refractivity contribution in [3.8, 4) is 0 Å². The van der Waals surface area contributed by atoms with Gasteiger partial charge in [-0.3, -0.25) is 4.79 Å². The molecule has 1 aromatic rings. The summed E-state index contributed by atoms with van der Waals surface area (Å²) in [4.78, 5) is 14.0. The van der Waals surface area contributed by atoms with Crippen LogP contribution in [0.2, 0.25) is 0 Å². The average Bonchev–Trinajstić information content (AvgIpc) is 3.16. The minimum Gasteiger partial charge on any atom is -0.373 e. The Morgan fingerprint density at radius 1 is 1.36 bits per heavy atom. The van der Waals surface area contributed by atoms with E-state index in [0.717, 1.165) is 50.8 Å². The Morgan fingerprint density at radius 3 is 2.82 bits per heavy atom. The molecule has 1 aromatic carbocycles. The molecule has 1 N–H and O–H groups in total. The quantitative estimate of drug-likeness (QED) is 0.675. The third kappa shape index (κ3) is 4.64. The number of aryl methyl sites for hydroxylation is 1. The molecule has 0 radical (unpaired) electrons. The number of benzene rings is 1. The maximum atomic E-state index is 11.5. The molecule has 3 rings (SSSR count). The van der Waals surface area contributed by atoms with Crippen LogP contribution >= 0.6 is 0 Å². The monoisotopic (exact) mass is 378 g/mol. The molecule has 0 bridgehead atoms. The first-order chi connectivity index (χ1) is 13.5. The molecule has 2 atom stereocenters. The summed E-state index contributed by atoms with van der Waals surface area (Å²) >= 11 is 0. The Morgan fingerprint density at radius 2 is 2.18 bits per heavy atom. The first kappa shape index (κ1) is 20.6. The molecule has 28 heavy (non-hydrogen) atoms. The summed E-state index contributed by atoms with van der Waals surface area (Å²) in [6, 6.07) is 7.43. The van der Waals surface area contributed by atoms with E-state index in [0.29, 0.717) is 12.1 Å².